The van der Waals surface area contributed by atoms with E-state index in [0.29, 0.717) is 37.4 Å². The topological polar surface area (TPSA) is 87.5 Å². The lowest BCUT2D eigenvalue weighted by Crippen LogP contribution is -2.43. The van der Waals surface area contributed by atoms with E-state index in [1.807, 2.05) is 6.07 Å². The fourth-order valence-electron chi connectivity index (χ4n) is 2.13. The number of benzene rings is 1. The molecule has 0 aliphatic carbocycles. The van der Waals surface area contributed by atoms with E-state index in [-0.39, 0.29) is 5.75 Å². The first-order valence-corrected chi connectivity index (χ1v) is 8.37. The third-order valence-corrected chi connectivity index (χ3v) is 4.61. The number of morpholine rings is 1. The molecule has 0 spiro atoms. The zero-order valence-corrected chi connectivity index (χ0v) is 12.3. The van der Waals surface area contributed by atoms with Gasteiger partial charge in [0.2, 0.25) is 5.91 Å². The monoisotopic (exact) mass is 308 g/mol. The number of carbonyl (C=O) groups excluding carboxylic acids is 1. The Bertz CT molecular complexity index is 658. The first-order chi connectivity index (χ1) is 10.00. The Morgan fingerprint density at radius 3 is 2.71 bits per heavy atom. The number of ether oxygens (including phenoxy) is 1. The van der Waals surface area contributed by atoms with Gasteiger partial charge < -0.3 is 9.64 Å². The number of nitriles is 1. The molecular weight excluding hydrogens is 292 g/mol. The van der Waals surface area contributed by atoms with E-state index in [4.69, 9.17) is 10.00 Å². The summed E-state index contributed by atoms with van der Waals surface area (Å²) in [4.78, 5) is 13.5. The molecule has 1 heterocycles. The summed E-state index contributed by atoms with van der Waals surface area (Å²) >= 11 is 0. The summed E-state index contributed by atoms with van der Waals surface area (Å²) in [7, 11) is -3.55. The molecular formula is C14H16N2O4S. The summed E-state index contributed by atoms with van der Waals surface area (Å²) in [6, 6.07) is 8.36. The Labute approximate surface area is 123 Å². The van der Waals surface area contributed by atoms with Crippen molar-refractivity contribution < 1.29 is 17.9 Å². The van der Waals surface area contributed by atoms with Crippen LogP contribution in [0.1, 0.15) is 11.1 Å². The predicted octanol–water partition coefficient (Wildman–Crippen LogP) is 0.332. The van der Waals surface area contributed by atoms with E-state index in [1.54, 1.807) is 18.2 Å². The lowest BCUT2D eigenvalue weighted by atomic mass is 10.2. The maximum atomic E-state index is 12.1. The van der Waals surface area contributed by atoms with Crippen LogP contribution in [-0.2, 0) is 25.1 Å². The average molecular weight is 308 g/mol. The third kappa shape index (κ3) is 4.55. The van der Waals surface area contributed by atoms with Gasteiger partial charge in [-0.2, -0.15) is 5.26 Å². The highest BCUT2D eigenvalue weighted by atomic mass is 32.2. The molecule has 1 aromatic rings. The number of sulfone groups is 1. The zero-order chi connectivity index (χ0) is 15.3. The molecule has 1 fully saturated rings. The molecule has 0 aromatic heterocycles. The standard InChI is InChI=1S/C14H16N2O4S/c15-9-12-2-1-3-13(8-12)10-21(18,19)11-14(17)16-4-6-20-7-5-16/h1-3,8H,4-7,10-11H2. The van der Waals surface area contributed by atoms with Gasteiger partial charge in [-0.05, 0) is 17.7 Å². The van der Waals surface area contributed by atoms with Gasteiger partial charge in [0, 0.05) is 13.1 Å². The molecule has 1 aromatic carbocycles. The summed E-state index contributed by atoms with van der Waals surface area (Å²) in [6.07, 6.45) is 0. The fraction of sp³-hybridized carbons (Fsp3) is 0.429. The van der Waals surface area contributed by atoms with Crippen LogP contribution in [0.15, 0.2) is 24.3 Å². The van der Waals surface area contributed by atoms with Gasteiger partial charge in [-0.25, -0.2) is 8.42 Å². The van der Waals surface area contributed by atoms with Crippen LogP contribution in [0.4, 0.5) is 0 Å². The fourth-order valence-corrected chi connectivity index (χ4v) is 3.48. The van der Waals surface area contributed by atoms with Gasteiger partial charge in [0.05, 0.1) is 30.6 Å². The highest BCUT2D eigenvalue weighted by molar-refractivity contribution is 7.91. The lowest BCUT2D eigenvalue weighted by molar-refractivity contribution is -0.132. The van der Waals surface area contributed by atoms with Crippen molar-refractivity contribution in [1.29, 1.82) is 5.26 Å². The van der Waals surface area contributed by atoms with E-state index in [0.717, 1.165) is 0 Å². The van der Waals surface area contributed by atoms with E-state index in [1.165, 1.54) is 11.0 Å². The highest BCUT2D eigenvalue weighted by Gasteiger charge is 2.23. The minimum absolute atomic E-state index is 0.238. The largest absolute Gasteiger partial charge is 0.378 e. The van der Waals surface area contributed by atoms with Crippen LogP contribution in [0.3, 0.4) is 0 Å². The molecule has 0 atom stereocenters. The highest BCUT2D eigenvalue weighted by Crippen LogP contribution is 2.10. The first kappa shape index (κ1) is 15.5. The molecule has 1 aliphatic rings. The van der Waals surface area contributed by atoms with Crippen LogP contribution in [0.25, 0.3) is 0 Å². The maximum Gasteiger partial charge on any atom is 0.237 e. The van der Waals surface area contributed by atoms with E-state index in [9.17, 15) is 13.2 Å². The van der Waals surface area contributed by atoms with Gasteiger partial charge in [-0.3, -0.25) is 4.79 Å². The van der Waals surface area contributed by atoms with Crippen LogP contribution >= 0.6 is 0 Å². The van der Waals surface area contributed by atoms with Gasteiger partial charge in [0.15, 0.2) is 9.84 Å². The molecule has 1 aliphatic heterocycles. The minimum Gasteiger partial charge on any atom is -0.378 e. The number of hydrogen-bond donors (Lipinski definition) is 0. The second-order valence-corrected chi connectivity index (χ2v) is 6.90. The second-order valence-electron chi connectivity index (χ2n) is 4.84. The number of carbonyl (C=O) groups is 1. The van der Waals surface area contributed by atoms with Crippen molar-refractivity contribution in [3.8, 4) is 6.07 Å². The molecule has 0 saturated carbocycles. The number of nitrogens with zero attached hydrogens (tertiary/aromatic N) is 2. The zero-order valence-electron chi connectivity index (χ0n) is 11.5. The molecule has 1 saturated heterocycles. The Morgan fingerprint density at radius 1 is 1.33 bits per heavy atom. The molecule has 6 nitrogen and oxygen atoms in total. The summed E-state index contributed by atoms with van der Waals surface area (Å²) in [5.41, 5.74) is 0.922. The van der Waals surface area contributed by atoms with Gasteiger partial charge in [-0.1, -0.05) is 12.1 Å². The van der Waals surface area contributed by atoms with E-state index < -0.39 is 21.5 Å². The molecule has 112 valence electrons. The number of rotatable bonds is 4. The number of hydrogen-bond acceptors (Lipinski definition) is 5. The van der Waals surface area contributed by atoms with E-state index in [2.05, 4.69) is 0 Å². The maximum absolute atomic E-state index is 12.1. The van der Waals surface area contributed by atoms with Crippen LogP contribution in [-0.4, -0.2) is 51.3 Å². The van der Waals surface area contributed by atoms with Crippen molar-refractivity contribution in [3.05, 3.63) is 35.4 Å². The van der Waals surface area contributed by atoms with Crippen LogP contribution in [0, 0.1) is 11.3 Å². The number of amides is 1. The summed E-state index contributed by atoms with van der Waals surface area (Å²) in [6.45, 7) is 1.74. The van der Waals surface area contributed by atoms with E-state index >= 15 is 0 Å². The Kier molecular flexibility index (Phi) is 4.94. The smallest absolute Gasteiger partial charge is 0.237 e. The van der Waals surface area contributed by atoms with Gasteiger partial charge in [0.25, 0.3) is 0 Å². The molecule has 0 radical (unpaired) electrons. The molecule has 0 unspecified atom stereocenters. The second kappa shape index (κ2) is 6.70. The van der Waals surface area contributed by atoms with Crippen molar-refractivity contribution in [2.24, 2.45) is 0 Å². The molecule has 1 amide bonds. The molecule has 0 bridgehead atoms. The third-order valence-electron chi connectivity index (χ3n) is 3.15. The van der Waals surface area contributed by atoms with Crippen molar-refractivity contribution in [1.82, 2.24) is 4.90 Å². The van der Waals surface area contributed by atoms with Crippen molar-refractivity contribution in [2.75, 3.05) is 32.1 Å². The Morgan fingerprint density at radius 2 is 2.05 bits per heavy atom. The molecule has 2 rings (SSSR count). The summed E-state index contributed by atoms with van der Waals surface area (Å²) in [5.74, 6) is -1.14. The van der Waals surface area contributed by atoms with Crippen LogP contribution in [0.2, 0.25) is 0 Å². The van der Waals surface area contributed by atoms with Crippen molar-refractivity contribution >= 4 is 15.7 Å². The van der Waals surface area contributed by atoms with Gasteiger partial charge >= 0.3 is 0 Å². The molecule has 21 heavy (non-hydrogen) atoms. The minimum atomic E-state index is -3.55. The van der Waals surface area contributed by atoms with Crippen LogP contribution < -0.4 is 0 Å². The van der Waals surface area contributed by atoms with Crippen molar-refractivity contribution in [2.45, 2.75) is 5.75 Å². The predicted molar refractivity (Wildman–Crippen MR) is 76.0 cm³/mol. The average Bonchev–Trinajstić information content (AvgIpc) is 2.47. The quantitative estimate of drug-likeness (QED) is 0.800. The lowest BCUT2D eigenvalue weighted by Gasteiger charge is -2.26. The van der Waals surface area contributed by atoms with Crippen LogP contribution in [0.5, 0.6) is 0 Å². The summed E-state index contributed by atoms with van der Waals surface area (Å²) in [5, 5.41) is 8.80. The normalized spacial score (nSPS) is 15.5. The first-order valence-electron chi connectivity index (χ1n) is 6.55. The summed E-state index contributed by atoms with van der Waals surface area (Å²) < 4.78 is 29.3. The Hall–Kier alpha value is -1.91. The SMILES string of the molecule is N#Cc1cccc(CS(=O)(=O)CC(=O)N2CCOCC2)c1. The van der Waals surface area contributed by atoms with Gasteiger partial charge in [-0.15, -0.1) is 0 Å². The Balaban J connectivity index is 2.01. The molecule has 7 heteroatoms. The van der Waals surface area contributed by atoms with Gasteiger partial charge in [0.1, 0.15) is 5.75 Å². The molecule has 0 N–H and O–H groups in total. The van der Waals surface area contributed by atoms with Crippen molar-refractivity contribution in [3.63, 3.8) is 0 Å².